The fourth-order valence-electron chi connectivity index (χ4n) is 1.46. The van der Waals surface area contributed by atoms with E-state index in [0.29, 0.717) is 0 Å². The lowest BCUT2D eigenvalue weighted by Gasteiger charge is -2.07. The zero-order chi connectivity index (χ0) is 11.4. The van der Waals surface area contributed by atoms with Gasteiger partial charge < -0.3 is 5.32 Å². The summed E-state index contributed by atoms with van der Waals surface area (Å²) in [6.45, 7) is 4.76. The third kappa shape index (κ3) is 2.57. The molecule has 0 fully saturated rings. The summed E-state index contributed by atoms with van der Waals surface area (Å²) >= 11 is 0. The minimum absolute atomic E-state index is 0.729. The van der Waals surface area contributed by atoms with Gasteiger partial charge in [0.05, 0.1) is 23.6 Å². The molecule has 0 spiro atoms. The van der Waals surface area contributed by atoms with Gasteiger partial charge in [-0.3, -0.25) is 9.97 Å². The molecule has 16 heavy (non-hydrogen) atoms. The molecule has 2 aromatic heterocycles. The van der Waals surface area contributed by atoms with Gasteiger partial charge in [0, 0.05) is 12.4 Å². The average Bonchev–Trinajstić information content (AvgIpc) is 2.30. The first kappa shape index (κ1) is 10.6. The highest BCUT2D eigenvalue weighted by Gasteiger charge is 1.98. The van der Waals surface area contributed by atoms with Crippen LogP contribution in [0.15, 0.2) is 36.7 Å². The maximum Gasteiger partial charge on any atom is 0.0603 e. The molecule has 0 unspecified atom stereocenters. The molecule has 1 N–H and O–H groups in total. The van der Waals surface area contributed by atoms with Gasteiger partial charge >= 0.3 is 0 Å². The maximum atomic E-state index is 4.34. The number of aromatic nitrogens is 2. The SMILES string of the molecule is Cc1ccc(CNc2cccnc2C)nc1. The number of anilines is 1. The van der Waals surface area contributed by atoms with E-state index >= 15 is 0 Å². The van der Waals surface area contributed by atoms with Crippen molar-refractivity contribution < 1.29 is 0 Å². The van der Waals surface area contributed by atoms with Crippen molar-refractivity contribution in [2.45, 2.75) is 20.4 Å². The van der Waals surface area contributed by atoms with Crippen molar-refractivity contribution in [3.63, 3.8) is 0 Å². The molecule has 0 aromatic carbocycles. The Hall–Kier alpha value is -1.90. The molecular formula is C13H15N3. The summed E-state index contributed by atoms with van der Waals surface area (Å²) in [7, 11) is 0. The van der Waals surface area contributed by atoms with Crippen molar-refractivity contribution in [1.82, 2.24) is 9.97 Å². The summed E-state index contributed by atoms with van der Waals surface area (Å²) in [4.78, 5) is 8.56. The Balaban J connectivity index is 2.02. The van der Waals surface area contributed by atoms with E-state index in [-0.39, 0.29) is 0 Å². The summed E-state index contributed by atoms with van der Waals surface area (Å²) in [6, 6.07) is 8.06. The Bertz CT molecular complexity index is 463. The van der Waals surface area contributed by atoms with Crippen molar-refractivity contribution in [3.05, 3.63) is 53.6 Å². The van der Waals surface area contributed by atoms with Crippen molar-refractivity contribution in [2.24, 2.45) is 0 Å². The van der Waals surface area contributed by atoms with E-state index < -0.39 is 0 Å². The number of aryl methyl sites for hydroxylation is 2. The number of hydrogen-bond donors (Lipinski definition) is 1. The van der Waals surface area contributed by atoms with Crippen LogP contribution >= 0.6 is 0 Å². The van der Waals surface area contributed by atoms with Crippen molar-refractivity contribution in [1.29, 1.82) is 0 Å². The minimum Gasteiger partial charge on any atom is -0.378 e. The van der Waals surface area contributed by atoms with Crippen LogP contribution in [0.2, 0.25) is 0 Å². The third-order valence-corrected chi connectivity index (χ3v) is 2.44. The van der Waals surface area contributed by atoms with Crippen LogP contribution in [0.4, 0.5) is 5.69 Å². The second kappa shape index (κ2) is 4.75. The van der Waals surface area contributed by atoms with E-state index in [4.69, 9.17) is 0 Å². The molecule has 2 heterocycles. The lowest BCUT2D eigenvalue weighted by molar-refractivity contribution is 1.03. The zero-order valence-corrected chi connectivity index (χ0v) is 9.57. The molecule has 0 bridgehead atoms. The summed E-state index contributed by atoms with van der Waals surface area (Å²) in [5.41, 5.74) is 4.29. The number of nitrogens with zero attached hydrogens (tertiary/aromatic N) is 2. The van der Waals surface area contributed by atoms with Crippen LogP contribution in [0, 0.1) is 13.8 Å². The molecule has 2 rings (SSSR count). The second-order valence-electron chi connectivity index (χ2n) is 3.82. The van der Waals surface area contributed by atoms with Crippen molar-refractivity contribution in [2.75, 3.05) is 5.32 Å². The summed E-state index contributed by atoms with van der Waals surface area (Å²) < 4.78 is 0. The predicted octanol–water partition coefficient (Wildman–Crippen LogP) is 2.71. The number of rotatable bonds is 3. The van der Waals surface area contributed by atoms with Gasteiger partial charge in [-0.25, -0.2) is 0 Å². The van der Waals surface area contributed by atoms with Crippen LogP contribution < -0.4 is 5.32 Å². The first-order valence-electron chi connectivity index (χ1n) is 5.33. The van der Waals surface area contributed by atoms with Gasteiger partial charge in [-0.1, -0.05) is 6.07 Å². The van der Waals surface area contributed by atoms with E-state index in [1.54, 1.807) is 6.20 Å². The van der Waals surface area contributed by atoms with Crippen LogP contribution in [0.1, 0.15) is 17.0 Å². The van der Waals surface area contributed by atoms with E-state index in [2.05, 4.69) is 21.4 Å². The predicted molar refractivity (Wildman–Crippen MR) is 65.3 cm³/mol. The standard InChI is InChI=1S/C13H15N3/c1-10-5-6-12(15-8-10)9-16-13-4-3-7-14-11(13)2/h3-8,16H,9H2,1-2H3. The molecule has 82 valence electrons. The van der Waals surface area contributed by atoms with Gasteiger partial charge in [-0.15, -0.1) is 0 Å². The molecule has 0 atom stereocenters. The monoisotopic (exact) mass is 213 g/mol. The molecule has 0 radical (unpaired) electrons. The number of hydrogen-bond acceptors (Lipinski definition) is 3. The minimum atomic E-state index is 0.729. The van der Waals surface area contributed by atoms with Gasteiger partial charge in [-0.05, 0) is 37.6 Å². The third-order valence-electron chi connectivity index (χ3n) is 2.44. The van der Waals surface area contributed by atoms with Gasteiger partial charge in [0.25, 0.3) is 0 Å². The number of pyridine rings is 2. The Morgan fingerprint density at radius 3 is 2.69 bits per heavy atom. The Labute approximate surface area is 95.6 Å². The molecule has 3 heteroatoms. The molecule has 2 aromatic rings. The summed E-state index contributed by atoms with van der Waals surface area (Å²) in [5.74, 6) is 0. The van der Waals surface area contributed by atoms with Crippen LogP contribution in [-0.4, -0.2) is 9.97 Å². The van der Waals surface area contributed by atoms with Crippen LogP contribution in [0.25, 0.3) is 0 Å². The molecule has 3 nitrogen and oxygen atoms in total. The van der Waals surface area contributed by atoms with Crippen LogP contribution in [0.5, 0.6) is 0 Å². The molecule has 0 aliphatic rings. The first-order chi connectivity index (χ1) is 7.75. The molecular weight excluding hydrogens is 198 g/mol. The van der Waals surface area contributed by atoms with Crippen molar-refractivity contribution >= 4 is 5.69 Å². The fraction of sp³-hybridized carbons (Fsp3) is 0.231. The Kier molecular flexibility index (Phi) is 3.15. The van der Waals surface area contributed by atoms with Crippen LogP contribution in [0.3, 0.4) is 0 Å². The van der Waals surface area contributed by atoms with Crippen LogP contribution in [-0.2, 0) is 6.54 Å². The van der Waals surface area contributed by atoms with E-state index in [9.17, 15) is 0 Å². The van der Waals surface area contributed by atoms with E-state index in [0.717, 1.165) is 23.6 Å². The lowest BCUT2D eigenvalue weighted by atomic mass is 10.2. The molecule has 0 saturated heterocycles. The van der Waals surface area contributed by atoms with Crippen molar-refractivity contribution in [3.8, 4) is 0 Å². The quantitative estimate of drug-likeness (QED) is 0.851. The maximum absolute atomic E-state index is 4.34. The topological polar surface area (TPSA) is 37.8 Å². The van der Waals surface area contributed by atoms with E-state index in [1.807, 2.05) is 38.2 Å². The molecule has 0 amide bonds. The summed E-state index contributed by atoms with van der Waals surface area (Å²) in [6.07, 6.45) is 3.68. The average molecular weight is 213 g/mol. The second-order valence-corrected chi connectivity index (χ2v) is 3.82. The first-order valence-corrected chi connectivity index (χ1v) is 5.33. The largest absolute Gasteiger partial charge is 0.378 e. The smallest absolute Gasteiger partial charge is 0.0603 e. The molecule has 0 aliphatic heterocycles. The highest BCUT2D eigenvalue weighted by Crippen LogP contribution is 2.11. The van der Waals surface area contributed by atoms with Gasteiger partial charge in [0.1, 0.15) is 0 Å². The summed E-state index contributed by atoms with van der Waals surface area (Å²) in [5, 5.41) is 3.32. The van der Waals surface area contributed by atoms with Gasteiger partial charge in [0.15, 0.2) is 0 Å². The Morgan fingerprint density at radius 2 is 2.00 bits per heavy atom. The Morgan fingerprint density at radius 1 is 1.12 bits per heavy atom. The zero-order valence-electron chi connectivity index (χ0n) is 9.57. The highest BCUT2D eigenvalue weighted by molar-refractivity contribution is 5.46. The number of nitrogens with one attached hydrogen (secondary N) is 1. The van der Waals surface area contributed by atoms with Gasteiger partial charge in [-0.2, -0.15) is 0 Å². The fourth-order valence-corrected chi connectivity index (χ4v) is 1.46. The highest BCUT2D eigenvalue weighted by atomic mass is 14.9. The van der Waals surface area contributed by atoms with E-state index in [1.165, 1.54) is 5.56 Å². The normalized spacial score (nSPS) is 10.1. The van der Waals surface area contributed by atoms with Gasteiger partial charge in [0.2, 0.25) is 0 Å². The molecule has 0 aliphatic carbocycles. The lowest BCUT2D eigenvalue weighted by Crippen LogP contribution is -2.03. The molecule has 0 saturated carbocycles.